The zero-order valence-corrected chi connectivity index (χ0v) is 20.9. The number of anilines is 1. The predicted molar refractivity (Wildman–Crippen MR) is 143 cm³/mol. The van der Waals surface area contributed by atoms with Crippen molar-refractivity contribution < 1.29 is 19.1 Å². The summed E-state index contributed by atoms with van der Waals surface area (Å²) >= 11 is 6.71. The van der Waals surface area contributed by atoms with Crippen molar-refractivity contribution >= 4 is 51.9 Å². The van der Waals surface area contributed by atoms with Crippen LogP contribution in [0.5, 0.6) is 11.5 Å². The first-order chi connectivity index (χ1) is 16.9. The molecule has 1 fully saturated rings. The first kappa shape index (κ1) is 24.5. The fourth-order valence-corrected chi connectivity index (χ4v) is 4.68. The number of carbonyl (C=O) groups excluding carboxylic acids is 2. The Morgan fingerprint density at radius 1 is 1.06 bits per heavy atom. The van der Waals surface area contributed by atoms with E-state index in [0.717, 1.165) is 16.7 Å². The van der Waals surface area contributed by atoms with Crippen LogP contribution in [0.1, 0.15) is 16.7 Å². The number of methoxy groups -OCH3 is 1. The number of benzene rings is 3. The highest BCUT2D eigenvalue weighted by Crippen LogP contribution is 2.35. The number of aryl methyl sites for hydroxylation is 1. The SMILES string of the molecule is COc1cc(/C=C2\SC(=S)N(Cc3ccccc3)C2=O)ccc1OCC(=O)Nc1ccc(C)cc1. The molecule has 0 aliphatic carbocycles. The molecule has 4 rings (SSSR count). The fourth-order valence-electron chi connectivity index (χ4n) is 3.42. The topological polar surface area (TPSA) is 67.9 Å². The van der Waals surface area contributed by atoms with E-state index >= 15 is 0 Å². The number of hydrogen-bond acceptors (Lipinski definition) is 6. The van der Waals surface area contributed by atoms with E-state index in [1.165, 1.54) is 18.9 Å². The number of amides is 2. The Kier molecular flexibility index (Phi) is 7.84. The molecular weight excluding hydrogens is 480 g/mol. The van der Waals surface area contributed by atoms with E-state index in [1.54, 1.807) is 29.2 Å². The summed E-state index contributed by atoms with van der Waals surface area (Å²) in [6.45, 7) is 2.25. The van der Waals surface area contributed by atoms with Crippen LogP contribution in [0.4, 0.5) is 5.69 Å². The van der Waals surface area contributed by atoms with Gasteiger partial charge in [0.05, 0.1) is 18.6 Å². The van der Waals surface area contributed by atoms with Gasteiger partial charge in [0.2, 0.25) is 0 Å². The molecule has 1 saturated heterocycles. The Morgan fingerprint density at radius 3 is 2.51 bits per heavy atom. The van der Waals surface area contributed by atoms with Crippen LogP contribution < -0.4 is 14.8 Å². The molecule has 3 aromatic rings. The average Bonchev–Trinajstić information content (AvgIpc) is 3.12. The summed E-state index contributed by atoms with van der Waals surface area (Å²) in [6.07, 6.45) is 1.78. The Bertz CT molecular complexity index is 1270. The van der Waals surface area contributed by atoms with Crippen molar-refractivity contribution in [3.63, 3.8) is 0 Å². The van der Waals surface area contributed by atoms with Crippen molar-refractivity contribution in [3.8, 4) is 11.5 Å². The van der Waals surface area contributed by atoms with Gasteiger partial charge in [-0.05, 0) is 48.4 Å². The van der Waals surface area contributed by atoms with Gasteiger partial charge in [-0.15, -0.1) is 0 Å². The second kappa shape index (κ2) is 11.2. The van der Waals surface area contributed by atoms with Crippen LogP contribution in [-0.2, 0) is 16.1 Å². The van der Waals surface area contributed by atoms with Gasteiger partial charge in [-0.1, -0.05) is 78.1 Å². The molecule has 0 radical (unpaired) electrons. The molecular formula is C27H24N2O4S2. The van der Waals surface area contributed by atoms with E-state index in [-0.39, 0.29) is 18.4 Å². The third kappa shape index (κ3) is 6.29. The first-order valence-electron chi connectivity index (χ1n) is 10.9. The van der Waals surface area contributed by atoms with E-state index in [2.05, 4.69) is 5.32 Å². The van der Waals surface area contributed by atoms with Crippen LogP contribution in [0.3, 0.4) is 0 Å². The Morgan fingerprint density at radius 2 is 1.80 bits per heavy atom. The van der Waals surface area contributed by atoms with Crippen LogP contribution in [0.15, 0.2) is 77.7 Å². The molecule has 3 aromatic carbocycles. The maximum atomic E-state index is 12.9. The van der Waals surface area contributed by atoms with Crippen LogP contribution in [0.25, 0.3) is 6.08 Å². The molecule has 6 nitrogen and oxygen atoms in total. The van der Waals surface area contributed by atoms with Gasteiger partial charge in [-0.25, -0.2) is 0 Å². The van der Waals surface area contributed by atoms with Gasteiger partial charge in [0.1, 0.15) is 4.32 Å². The molecule has 0 spiro atoms. The lowest BCUT2D eigenvalue weighted by Crippen LogP contribution is -2.27. The first-order valence-corrected chi connectivity index (χ1v) is 12.1. The summed E-state index contributed by atoms with van der Waals surface area (Å²) in [5.41, 5.74) is 3.59. The van der Waals surface area contributed by atoms with Crippen molar-refractivity contribution in [1.29, 1.82) is 0 Å². The van der Waals surface area contributed by atoms with Crippen molar-refractivity contribution in [2.24, 2.45) is 0 Å². The van der Waals surface area contributed by atoms with E-state index < -0.39 is 0 Å². The van der Waals surface area contributed by atoms with E-state index in [1.807, 2.05) is 61.5 Å². The highest BCUT2D eigenvalue weighted by Gasteiger charge is 2.32. The Balaban J connectivity index is 1.41. The molecule has 0 aromatic heterocycles. The molecule has 8 heteroatoms. The summed E-state index contributed by atoms with van der Waals surface area (Å²) in [7, 11) is 1.53. The van der Waals surface area contributed by atoms with Gasteiger partial charge in [-0.3, -0.25) is 14.5 Å². The predicted octanol–water partition coefficient (Wildman–Crippen LogP) is 5.42. The molecule has 0 atom stereocenters. The number of carbonyl (C=O) groups is 2. The number of thioether (sulfide) groups is 1. The second-order valence-corrected chi connectivity index (χ2v) is 9.54. The molecule has 2 amide bonds. The fraction of sp³-hybridized carbons (Fsp3) is 0.148. The molecule has 0 saturated carbocycles. The third-order valence-corrected chi connectivity index (χ3v) is 6.61. The quantitative estimate of drug-likeness (QED) is 0.326. The van der Waals surface area contributed by atoms with Crippen LogP contribution in [0.2, 0.25) is 0 Å². The van der Waals surface area contributed by atoms with Crippen LogP contribution in [-0.4, -0.2) is 34.8 Å². The monoisotopic (exact) mass is 504 g/mol. The maximum Gasteiger partial charge on any atom is 0.266 e. The number of nitrogens with zero attached hydrogens (tertiary/aromatic N) is 1. The number of thiocarbonyl (C=S) groups is 1. The van der Waals surface area contributed by atoms with Crippen molar-refractivity contribution in [2.75, 3.05) is 19.0 Å². The highest BCUT2D eigenvalue weighted by molar-refractivity contribution is 8.26. The average molecular weight is 505 g/mol. The van der Waals surface area contributed by atoms with Crippen LogP contribution >= 0.6 is 24.0 Å². The molecule has 1 aliphatic rings. The second-order valence-electron chi connectivity index (χ2n) is 7.87. The molecule has 1 N–H and O–H groups in total. The van der Waals surface area contributed by atoms with E-state index in [0.29, 0.717) is 33.0 Å². The molecule has 35 heavy (non-hydrogen) atoms. The lowest BCUT2D eigenvalue weighted by atomic mass is 10.1. The molecule has 1 aliphatic heterocycles. The number of nitrogens with one attached hydrogen (secondary N) is 1. The standard InChI is InChI=1S/C27H24N2O4S2/c1-18-8-11-21(12-9-18)28-25(30)17-33-22-13-10-20(14-23(22)32-2)15-24-26(31)29(27(34)35-24)16-19-6-4-3-5-7-19/h3-15H,16-17H2,1-2H3,(H,28,30)/b24-15-. The highest BCUT2D eigenvalue weighted by atomic mass is 32.2. The number of hydrogen-bond donors (Lipinski definition) is 1. The summed E-state index contributed by atoms with van der Waals surface area (Å²) in [4.78, 5) is 27.3. The Labute approximate surface area is 213 Å². The maximum absolute atomic E-state index is 12.9. The van der Waals surface area contributed by atoms with Crippen molar-refractivity contribution in [1.82, 2.24) is 4.90 Å². The molecule has 178 valence electrons. The van der Waals surface area contributed by atoms with Gasteiger partial charge in [-0.2, -0.15) is 0 Å². The van der Waals surface area contributed by atoms with Gasteiger partial charge in [0.15, 0.2) is 18.1 Å². The summed E-state index contributed by atoms with van der Waals surface area (Å²) < 4.78 is 11.6. The normalized spacial score (nSPS) is 14.3. The lowest BCUT2D eigenvalue weighted by molar-refractivity contribution is -0.122. The summed E-state index contributed by atoms with van der Waals surface area (Å²) in [6, 6.07) is 22.5. The minimum absolute atomic E-state index is 0.129. The minimum atomic E-state index is -0.276. The van der Waals surface area contributed by atoms with E-state index in [4.69, 9.17) is 21.7 Å². The smallest absolute Gasteiger partial charge is 0.266 e. The zero-order valence-electron chi connectivity index (χ0n) is 19.3. The summed E-state index contributed by atoms with van der Waals surface area (Å²) in [5, 5.41) is 2.80. The van der Waals surface area contributed by atoms with Gasteiger partial charge in [0, 0.05) is 5.69 Å². The molecule has 0 bridgehead atoms. The zero-order chi connectivity index (χ0) is 24.8. The third-order valence-electron chi connectivity index (χ3n) is 5.24. The van der Waals surface area contributed by atoms with Crippen LogP contribution in [0, 0.1) is 6.92 Å². The van der Waals surface area contributed by atoms with Gasteiger partial charge in [0.25, 0.3) is 11.8 Å². The summed E-state index contributed by atoms with van der Waals surface area (Å²) in [5.74, 6) is 0.486. The van der Waals surface area contributed by atoms with Gasteiger partial charge < -0.3 is 14.8 Å². The minimum Gasteiger partial charge on any atom is -0.493 e. The van der Waals surface area contributed by atoms with Crippen molar-refractivity contribution in [3.05, 3.63) is 94.4 Å². The largest absolute Gasteiger partial charge is 0.493 e. The Hall–Kier alpha value is -3.62. The number of rotatable bonds is 8. The number of ether oxygens (including phenoxy) is 2. The van der Waals surface area contributed by atoms with Crippen molar-refractivity contribution in [2.45, 2.75) is 13.5 Å². The molecule has 0 unspecified atom stereocenters. The van der Waals surface area contributed by atoms with Gasteiger partial charge >= 0.3 is 0 Å². The lowest BCUT2D eigenvalue weighted by Gasteiger charge is -2.14. The molecule has 1 heterocycles. The van der Waals surface area contributed by atoms with E-state index in [9.17, 15) is 9.59 Å².